The number of H-pyrrole nitrogens is 1. The number of nitrogens with zero attached hydrogens (tertiary/aromatic N) is 1. The topological polar surface area (TPSA) is 28.3 Å². The van der Waals surface area contributed by atoms with Gasteiger partial charge in [0.1, 0.15) is 5.75 Å². The number of benzene rings is 1. The minimum absolute atomic E-state index is 0.00654. The number of methoxy groups -OCH3 is 1. The Morgan fingerprint density at radius 2 is 2.35 bits per heavy atom. The second-order valence-corrected chi connectivity index (χ2v) is 3.74. The van der Waals surface area contributed by atoms with Crippen molar-refractivity contribution in [3.63, 3.8) is 0 Å². The molecule has 1 N–H and O–H groups in total. The van der Waals surface area contributed by atoms with Gasteiger partial charge in [0.2, 0.25) is 0 Å². The average Bonchev–Trinajstić information content (AvgIpc) is 2.91. The lowest BCUT2D eigenvalue weighted by molar-refractivity contribution is 0.352. The fraction of sp³-hybridized carbons (Fsp3) is 0.429. The van der Waals surface area contributed by atoms with Gasteiger partial charge in [-0.1, -0.05) is 0 Å². The van der Waals surface area contributed by atoms with Crippen LogP contribution in [0.5, 0.6) is 5.75 Å². The van der Waals surface area contributed by atoms with Crippen molar-refractivity contribution in [2.75, 3.05) is 27.2 Å². The summed E-state index contributed by atoms with van der Waals surface area (Å²) in [4.78, 5) is 3.44. The average molecular weight is 240 g/mol. The Kier molecular flexibility index (Phi) is 1.04. The third kappa shape index (κ3) is 1.80. The summed E-state index contributed by atoms with van der Waals surface area (Å²) in [5, 5.41) is -0.0953. The van der Waals surface area contributed by atoms with E-state index < -0.39 is 44.9 Å². The molecule has 0 radical (unpaired) electrons. The van der Waals surface area contributed by atoms with Crippen molar-refractivity contribution in [1.82, 2.24) is 9.88 Å². The summed E-state index contributed by atoms with van der Waals surface area (Å²) in [7, 11) is 1.25. The minimum Gasteiger partial charge on any atom is -0.497 e. The lowest BCUT2D eigenvalue weighted by atomic mass is 10.1. The SMILES string of the molecule is [2H]c1c(OC)c([2H])c2[nH]c3c(c2c1[2H])C([2H])([2H])CN(C([2H])([2H])[2H])CC3([2H])[2H]. The summed E-state index contributed by atoms with van der Waals surface area (Å²) in [6.07, 6.45) is -4.60. The Bertz CT molecular complexity index is 917. The van der Waals surface area contributed by atoms with E-state index in [4.69, 9.17) is 18.4 Å². The third-order valence-corrected chi connectivity index (χ3v) is 2.64. The van der Waals surface area contributed by atoms with E-state index in [2.05, 4.69) is 4.98 Å². The van der Waals surface area contributed by atoms with Crippen molar-refractivity contribution in [2.24, 2.45) is 0 Å². The number of nitrogens with one attached hydrogen (secondary N) is 1. The lowest BCUT2D eigenvalue weighted by Crippen LogP contribution is -2.21. The molecule has 0 saturated carbocycles. The number of hydrogen-bond donors (Lipinski definition) is 1. The molecule has 1 aliphatic rings. The van der Waals surface area contributed by atoms with Gasteiger partial charge < -0.3 is 14.6 Å². The van der Waals surface area contributed by atoms with Crippen LogP contribution in [0.1, 0.15) is 25.0 Å². The maximum Gasteiger partial charge on any atom is 0.120 e. The number of likely N-dealkylation sites (N-methyl/N-ethyl adjacent to an activating group) is 1. The van der Waals surface area contributed by atoms with Crippen LogP contribution in [0.15, 0.2) is 18.1 Å². The molecular formula is C14H18N2O. The van der Waals surface area contributed by atoms with E-state index in [0.717, 1.165) is 4.90 Å². The first-order valence-electron chi connectivity index (χ1n) is 10.2. The summed E-state index contributed by atoms with van der Waals surface area (Å²) in [6, 6.07) is -1.09. The zero-order chi connectivity index (χ0) is 20.5. The molecule has 1 aromatic heterocycles. The molecule has 1 aliphatic heterocycles. The summed E-state index contributed by atoms with van der Waals surface area (Å²) >= 11 is 0. The molecule has 2 aromatic rings. The summed E-state index contributed by atoms with van der Waals surface area (Å²) in [5.41, 5.74) is -0.444. The van der Waals surface area contributed by atoms with Gasteiger partial charge in [-0.05, 0) is 31.0 Å². The molecule has 0 spiro atoms. The summed E-state index contributed by atoms with van der Waals surface area (Å²) in [6.45, 7) is -3.91. The molecule has 2 heterocycles. The highest BCUT2D eigenvalue weighted by atomic mass is 16.5. The highest BCUT2D eigenvalue weighted by Crippen LogP contribution is 2.28. The van der Waals surface area contributed by atoms with Crippen LogP contribution < -0.4 is 4.74 Å². The first kappa shape index (κ1) is 4.32. The zero-order valence-electron chi connectivity index (χ0n) is 19.3. The van der Waals surface area contributed by atoms with Gasteiger partial charge in [0.25, 0.3) is 0 Å². The van der Waals surface area contributed by atoms with Crippen LogP contribution >= 0.6 is 0 Å². The van der Waals surface area contributed by atoms with Crippen molar-refractivity contribution < 1.29 is 18.4 Å². The summed E-state index contributed by atoms with van der Waals surface area (Å²) < 4.78 is 85.7. The highest BCUT2D eigenvalue weighted by molar-refractivity contribution is 5.86. The number of rotatable bonds is 1. The second-order valence-electron chi connectivity index (χ2n) is 3.74. The monoisotopic (exact) mass is 240 g/mol. The Morgan fingerprint density at radius 1 is 1.47 bits per heavy atom. The zero-order valence-corrected chi connectivity index (χ0v) is 9.27. The van der Waals surface area contributed by atoms with E-state index in [1.807, 2.05) is 0 Å². The van der Waals surface area contributed by atoms with Gasteiger partial charge in [0, 0.05) is 51.7 Å². The molecular weight excluding hydrogens is 212 g/mol. The maximum absolute atomic E-state index is 8.42. The van der Waals surface area contributed by atoms with Gasteiger partial charge in [0.15, 0.2) is 0 Å². The lowest BCUT2D eigenvalue weighted by Gasteiger charge is -2.11. The van der Waals surface area contributed by atoms with Crippen LogP contribution in [-0.4, -0.2) is 37.1 Å². The Labute approximate surface area is 115 Å². The minimum atomic E-state index is -2.70. The van der Waals surface area contributed by atoms with Crippen molar-refractivity contribution in [2.45, 2.75) is 12.7 Å². The van der Waals surface area contributed by atoms with Gasteiger partial charge in [-0.3, -0.25) is 0 Å². The van der Waals surface area contributed by atoms with Gasteiger partial charge in [-0.25, -0.2) is 0 Å². The molecule has 0 amide bonds. The highest BCUT2D eigenvalue weighted by Gasteiger charge is 2.16. The smallest absolute Gasteiger partial charge is 0.120 e. The van der Waals surface area contributed by atoms with Crippen LogP contribution in [0, 0.1) is 0 Å². The third-order valence-electron chi connectivity index (χ3n) is 2.64. The molecule has 0 unspecified atom stereocenters. The van der Waals surface area contributed by atoms with Gasteiger partial charge in [-0.2, -0.15) is 0 Å². The van der Waals surface area contributed by atoms with Crippen LogP contribution in [0.25, 0.3) is 10.9 Å². The van der Waals surface area contributed by atoms with Crippen LogP contribution in [0.2, 0.25) is 0 Å². The number of aromatic nitrogens is 1. The molecule has 90 valence electrons. The fourth-order valence-corrected chi connectivity index (χ4v) is 1.80. The van der Waals surface area contributed by atoms with Crippen LogP contribution in [0.4, 0.5) is 0 Å². The van der Waals surface area contributed by atoms with Crippen LogP contribution in [-0.2, 0) is 12.7 Å². The molecule has 0 aliphatic carbocycles. The second kappa shape index (κ2) is 4.08. The molecule has 17 heavy (non-hydrogen) atoms. The van der Waals surface area contributed by atoms with E-state index in [0.29, 0.717) is 0 Å². The van der Waals surface area contributed by atoms with E-state index in [-0.39, 0.29) is 34.0 Å². The Balaban J connectivity index is 2.41. The van der Waals surface area contributed by atoms with E-state index in [9.17, 15) is 0 Å². The first-order chi connectivity index (χ1) is 12.2. The predicted molar refractivity (Wildman–Crippen MR) is 69.8 cm³/mol. The Hall–Kier alpha value is -1.48. The molecule has 3 rings (SSSR count). The fourth-order valence-electron chi connectivity index (χ4n) is 1.80. The molecule has 0 bridgehead atoms. The molecule has 1 aromatic carbocycles. The molecule has 3 nitrogen and oxygen atoms in total. The van der Waals surface area contributed by atoms with Crippen molar-refractivity contribution in [3.8, 4) is 5.75 Å². The standard InChI is InChI=1S/C14H18N2O/c1-16-7-5-12-11-4-3-10(17-2)9-14(11)15-13(12)6-8-16/h3-4,9,15H,5-8H2,1-2H3/i1D3,3D,4D,5D2,6D2,9D. The van der Waals surface area contributed by atoms with E-state index in [1.54, 1.807) is 0 Å². The normalized spacial score (nSPS) is 32.1. The number of hydrogen-bond acceptors (Lipinski definition) is 2. The van der Waals surface area contributed by atoms with Gasteiger partial charge in [0.05, 0.1) is 11.2 Å². The van der Waals surface area contributed by atoms with Crippen LogP contribution in [0.3, 0.4) is 0 Å². The van der Waals surface area contributed by atoms with E-state index in [1.165, 1.54) is 7.11 Å². The molecule has 0 atom stereocenters. The van der Waals surface area contributed by atoms with Crippen molar-refractivity contribution >= 4 is 10.9 Å². The van der Waals surface area contributed by atoms with Gasteiger partial charge >= 0.3 is 0 Å². The van der Waals surface area contributed by atoms with Crippen molar-refractivity contribution in [1.29, 1.82) is 0 Å². The quantitative estimate of drug-likeness (QED) is 0.828. The Morgan fingerprint density at radius 3 is 3.18 bits per heavy atom. The predicted octanol–water partition coefficient (Wildman–Crippen LogP) is 2.21. The molecule has 3 heteroatoms. The van der Waals surface area contributed by atoms with Gasteiger partial charge in [-0.15, -0.1) is 0 Å². The number of fused-ring (bicyclic) bond motifs is 3. The maximum atomic E-state index is 8.42. The van der Waals surface area contributed by atoms with E-state index >= 15 is 0 Å². The number of aromatic amines is 1. The molecule has 0 fully saturated rings. The number of ether oxygens (including phenoxy) is 1. The largest absolute Gasteiger partial charge is 0.497 e. The first-order valence-corrected chi connectivity index (χ1v) is 5.18. The molecule has 0 saturated heterocycles. The van der Waals surface area contributed by atoms with Crippen molar-refractivity contribution in [3.05, 3.63) is 29.4 Å². The summed E-state index contributed by atoms with van der Waals surface area (Å²) in [5.74, 6) is -0.172.